The Bertz CT molecular complexity index is 1380. The standard InChI is InChI=1S/C34H34O5S/c35-40-24-29-32(28-18-10-11-19-31(28)40)39-30(23-36-20-25-12-4-1-5-13-25)34(38-22-27-16-8-3-9-17-27)33(29)37-21-26-14-6-2-7-15-26/h1-19,29-30,32-34H,20-24H2/t29-,30+,32+,33+,34+,40-/m0/s1. The third-order valence-corrected chi connectivity index (χ3v) is 9.15. The van der Waals surface area contributed by atoms with Crippen molar-refractivity contribution in [2.45, 2.75) is 49.1 Å². The quantitative estimate of drug-likeness (QED) is 0.232. The summed E-state index contributed by atoms with van der Waals surface area (Å²) in [6.07, 6.45) is -1.35. The van der Waals surface area contributed by atoms with Gasteiger partial charge < -0.3 is 18.9 Å². The van der Waals surface area contributed by atoms with Crippen LogP contribution in [0.15, 0.2) is 120 Å². The molecule has 0 saturated carbocycles. The summed E-state index contributed by atoms with van der Waals surface area (Å²) in [5.41, 5.74) is 4.24. The predicted octanol–water partition coefficient (Wildman–Crippen LogP) is 6.25. The number of benzene rings is 4. The molecule has 0 radical (unpaired) electrons. The third kappa shape index (κ3) is 6.27. The Morgan fingerprint density at radius 1 is 0.650 bits per heavy atom. The second-order valence-electron chi connectivity index (χ2n) is 10.3. The van der Waals surface area contributed by atoms with Crippen LogP contribution in [0.25, 0.3) is 0 Å². The summed E-state index contributed by atoms with van der Waals surface area (Å²) in [7, 11) is -1.15. The van der Waals surface area contributed by atoms with Gasteiger partial charge in [-0.3, -0.25) is 4.21 Å². The molecule has 0 N–H and O–H groups in total. The minimum absolute atomic E-state index is 0.120. The summed E-state index contributed by atoms with van der Waals surface area (Å²) in [6.45, 7) is 1.70. The highest BCUT2D eigenvalue weighted by Gasteiger charge is 2.51. The summed E-state index contributed by atoms with van der Waals surface area (Å²) in [6, 6.07) is 38.3. The Morgan fingerprint density at radius 2 is 1.18 bits per heavy atom. The monoisotopic (exact) mass is 554 g/mol. The molecule has 5 nitrogen and oxygen atoms in total. The molecule has 6 rings (SSSR count). The van der Waals surface area contributed by atoms with Crippen LogP contribution in [0.2, 0.25) is 0 Å². The van der Waals surface area contributed by atoms with Gasteiger partial charge >= 0.3 is 0 Å². The van der Waals surface area contributed by atoms with Crippen LogP contribution in [0.3, 0.4) is 0 Å². The molecule has 2 aliphatic heterocycles. The summed E-state index contributed by atoms with van der Waals surface area (Å²) in [5.74, 6) is 0.342. The van der Waals surface area contributed by atoms with Gasteiger partial charge in [-0.1, -0.05) is 109 Å². The molecule has 6 heteroatoms. The van der Waals surface area contributed by atoms with Crippen molar-refractivity contribution >= 4 is 10.8 Å². The minimum atomic E-state index is -1.15. The maximum atomic E-state index is 13.4. The molecule has 0 aromatic heterocycles. The van der Waals surface area contributed by atoms with Gasteiger partial charge in [0.1, 0.15) is 12.2 Å². The van der Waals surface area contributed by atoms with E-state index in [2.05, 4.69) is 36.4 Å². The van der Waals surface area contributed by atoms with Crippen molar-refractivity contribution in [2.75, 3.05) is 12.4 Å². The molecular weight excluding hydrogens is 520 g/mol. The van der Waals surface area contributed by atoms with Gasteiger partial charge in [0.15, 0.2) is 0 Å². The third-order valence-electron chi connectivity index (χ3n) is 7.60. The fourth-order valence-electron chi connectivity index (χ4n) is 5.62. The molecule has 40 heavy (non-hydrogen) atoms. The normalized spacial score (nSPS) is 25.6. The molecule has 0 aliphatic carbocycles. The predicted molar refractivity (Wildman–Crippen MR) is 155 cm³/mol. The Kier molecular flexibility index (Phi) is 8.81. The average Bonchev–Trinajstić information content (AvgIpc) is 3.01. The van der Waals surface area contributed by atoms with Gasteiger partial charge in [0.2, 0.25) is 0 Å². The molecule has 0 amide bonds. The number of hydrogen-bond acceptors (Lipinski definition) is 5. The zero-order chi connectivity index (χ0) is 27.1. The minimum Gasteiger partial charge on any atom is -0.374 e. The molecule has 1 saturated heterocycles. The van der Waals surface area contributed by atoms with E-state index in [4.69, 9.17) is 18.9 Å². The number of fused-ring (bicyclic) bond motifs is 3. The van der Waals surface area contributed by atoms with Crippen molar-refractivity contribution < 1.29 is 23.2 Å². The SMILES string of the molecule is O=[S@]1C[C@@H]2[C@@H](OCc3ccccc3)[C@H](OCc3ccccc3)[C@@H](COCc3ccccc3)O[C@@H]2c2ccccc21. The van der Waals surface area contributed by atoms with Crippen molar-refractivity contribution in [3.8, 4) is 0 Å². The Labute approximate surface area is 238 Å². The van der Waals surface area contributed by atoms with E-state index in [9.17, 15) is 4.21 Å². The van der Waals surface area contributed by atoms with Crippen LogP contribution < -0.4 is 0 Å². The Morgan fingerprint density at radius 3 is 1.80 bits per heavy atom. The molecule has 4 aromatic rings. The Hall–Kier alpha value is -3.13. The number of hydrogen-bond donors (Lipinski definition) is 0. The van der Waals surface area contributed by atoms with Crippen molar-refractivity contribution in [1.29, 1.82) is 0 Å². The topological polar surface area (TPSA) is 54.0 Å². The van der Waals surface area contributed by atoms with Crippen LogP contribution in [-0.4, -0.2) is 34.9 Å². The van der Waals surface area contributed by atoms with Gasteiger partial charge in [-0.05, 0) is 28.3 Å². The van der Waals surface area contributed by atoms with Crippen LogP contribution in [0, 0.1) is 5.92 Å². The highest BCUT2D eigenvalue weighted by Crippen LogP contribution is 2.45. The zero-order valence-corrected chi connectivity index (χ0v) is 23.2. The van der Waals surface area contributed by atoms with Crippen LogP contribution in [0.1, 0.15) is 28.4 Å². The molecule has 1 fully saturated rings. The highest BCUT2D eigenvalue weighted by molar-refractivity contribution is 7.85. The fraction of sp³-hybridized carbons (Fsp3) is 0.294. The van der Waals surface area contributed by atoms with Crippen LogP contribution in [0.4, 0.5) is 0 Å². The molecular formula is C34H34O5S. The molecule has 2 heterocycles. The summed E-state index contributed by atoms with van der Waals surface area (Å²) in [4.78, 5) is 0.846. The van der Waals surface area contributed by atoms with Crippen molar-refractivity contribution in [3.05, 3.63) is 138 Å². The van der Waals surface area contributed by atoms with E-state index in [0.29, 0.717) is 32.2 Å². The van der Waals surface area contributed by atoms with E-state index in [1.54, 1.807) is 0 Å². The van der Waals surface area contributed by atoms with Crippen molar-refractivity contribution in [3.63, 3.8) is 0 Å². The summed E-state index contributed by atoms with van der Waals surface area (Å²) in [5, 5.41) is 0. The van der Waals surface area contributed by atoms with Crippen LogP contribution in [-0.2, 0) is 49.6 Å². The molecule has 0 unspecified atom stereocenters. The lowest BCUT2D eigenvalue weighted by Gasteiger charge is -2.48. The van der Waals surface area contributed by atoms with Gasteiger partial charge in [0, 0.05) is 16.6 Å². The summed E-state index contributed by atoms with van der Waals surface area (Å²) < 4.78 is 39.8. The molecule has 0 spiro atoms. The first-order chi connectivity index (χ1) is 19.8. The van der Waals surface area contributed by atoms with Crippen molar-refractivity contribution in [1.82, 2.24) is 0 Å². The first-order valence-electron chi connectivity index (χ1n) is 13.8. The van der Waals surface area contributed by atoms with E-state index in [1.165, 1.54) is 0 Å². The fourth-order valence-corrected chi connectivity index (χ4v) is 7.19. The first-order valence-corrected chi connectivity index (χ1v) is 15.1. The first kappa shape index (κ1) is 27.1. The van der Waals surface area contributed by atoms with Crippen LogP contribution in [0.5, 0.6) is 0 Å². The number of rotatable bonds is 10. The van der Waals surface area contributed by atoms with E-state index >= 15 is 0 Å². The second kappa shape index (κ2) is 13.0. The van der Waals surface area contributed by atoms with E-state index < -0.39 is 16.9 Å². The maximum absolute atomic E-state index is 13.4. The van der Waals surface area contributed by atoms with Gasteiger partial charge in [-0.2, -0.15) is 0 Å². The molecule has 2 aliphatic rings. The molecule has 4 aromatic carbocycles. The lowest BCUT2D eigenvalue weighted by Crippen LogP contribution is -2.57. The van der Waals surface area contributed by atoms with Gasteiger partial charge in [0.05, 0.1) is 49.4 Å². The lowest BCUT2D eigenvalue weighted by atomic mass is 9.84. The maximum Gasteiger partial charge on any atom is 0.113 e. The van der Waals surface area contributed by atoms with Gasteiger partial charge in [-0.15, -0.1) is 0 Å². The summed E-state index contributed by atoms with van der Waals surface area (Å²) >= 11 is 0. The molecule has 206 valence electrons. The zero-order valence-electron chi connectivity index (χ0n) is 22.3. The lowest BCUT2D eigenvalue weighted by molar-refractivity contribution is -0.244. The smallest absolute Gasteiger partial charge is 0.113 e. The largest absolute Gasteiger partial charge is 0.374 e. The average molecular weight is 555 g/mol. The van der Waals surface area contributed by atoms with Gasteiger partial charge in [-0.25, -0.2) is 0 Å². The molecule has 0 bridgehead atoms. The Balaban J connectivity index is 1.30. The highest BCUT2D eigenvalue weighted by atomic mass is 32.2. The number of ether oxygens (including phenoxy) is 4. The van der Waals surface area contributed by atoms with E-state index in [1.807, 2.05) is 78.9 Å². The van der Waals surface area contributed by atoms with E-state index in [0.717, 1.165) is 27.1 Å². The second-order valence-corrected chi connectivity index (χ2v) is 11.8. The van der Waals surface area contributed by atoms with Gasteiger partial charge in [0.25, 0.3) is 0 Å². The molecule has 6 atom stereocenters. The van der Waals surface area contributed by atoms with Crippen LogP contribution >= 0.6 is 0 Å². The van der Waals surface area contributed by atoms with E-state index in [-0.39, 0.29) is 24.2 Å². The van der Waals surface area contributed by atoms with Crippen molar-refractivity contribution in [2.24, 2.45) is 5.92 Å².